The summed E-state index contributed by atoms with van der Waals surface area (Å²) in [6.45, 7) is 2.96. The van der Waals surface area contributed by atoms with E-state index in [1.807, 2.05) is 23.6 Å². The van der Waals surface area contributed by atoms with E-state index in [0.29, 0.717) is 46.8 Å². The maximum atomic E-state index is 12.1. The lowest BCUT2D eigenvalue weighted by molar-refractivity contribution is -0.121. The fourth-order valence-corrected chi connectivity index (χ4v) is 4.39. The Morgan fingerprint density at radius 3 is 2.88 bits per heavy atom. The highest BCUT2D eigenvalue weighted by Crippen LogP contribution is 2.44. The largest absolute Gasteiger partial charge is 0.454 e. The lowest BCUT2D eigenvalue weighted by Gasteiger charge is -2.11. The van der Waals surface area contributed by atoms with Gasteiger partial charge in [0, 0.05) is 24.4 Å². The van der Waals surface area contributed by atoms with E-state index in [1.165, 1.54) is 24.4 Å². The van der Waals surface area contributed by atoms with Crippen LogP contribution in [0.2, 0.25) is 0 Å². The number of benzene rings is 1. The lowest BCUT2D eigenvalue weighted by atomic mass is 10.2. The Labute approximate surface area is 186 Å². The molecule has 1 aromatic carbocycles. The number of oxazole rings is 1. The maximum Gasteiger partial charge on any atom is 0.231 e. The van der Waals surface area contributed by atoms with Gasteiger partial charge in [-0.3, -0.25) is 4.79 Å². The molecule has 0 spiro atoms. The number of anilines is 1. The summed E-state index contributed by atoms with van der Waals surface area (Å²) in [7, 11) is 0. The van der Waals surface area contributed by atoms with Gasteiger partial charge < -0.3 is 29.5 Å². The number of amides is 1. The molecule has 12 heteroatoms. The second-order valence-corrected chi connectivity index (χ2v) is 7.83. The molecule has 1 aliphatic heterocycles. The zero-order valence-electron chi connectivity index (χ0n) is 17.1. The van der Waals surface area contributed by atoms with Crippen LogP contribution in [0.25, 0.3) is 22.6 Å². The fourth-order valence-electron chi connectivity index (χ4n) is 3.34. The molecular weight excluding hydrogens is 434 g/mol. The van der Waals surface area contributed by atoms with Crippen LogP contribution in [0.1, 0.15) is 13.3 Å². The third kappa shape index (κ3) is 3.68. The number of imidazole rings is 1. The average molecular weight is 453 g/mol. The Kier molecular flexibility index (Phi) is 5.27. The molecule has 1 amide bonds. The Morgan fingerprint density at radius 1 is 1.25 bits per heavy atom. The number of nitrogen functional groups attached to an aromatic ring is 1. The van der Waals surface area contributed by atoms with Gasteiger partial charge >= 0.3 is 0 Å². The van der Waals surface area contributed by atoms with Crippen molar-refractivity contribution in [3.63, 3.8) is 0 Å². The number of hydrogen-bond acceptors (Lipinski definition) is 10. The number of nitrogens with zero attached hydrogens (tertiary/aromatic N) is 5. The summed E-state index contributed by atoms with van der Waals surface area (Å²) in [6.07, 6.45) is 4.73. The highest BCUT2D eigenvalue weighted by atomic mass is 32.2. The van der Waals surface area contributed by atoms with Crippen molar-refractivity contribution < 1.29 is 18.7 Å². The molecule has 1 aliphatic rings. The minimum Gasteiger partial charge on any atom is -0.454 e. The second-order valence-electron chi connectivity index (χ2n) is 6.82. The van der Waals surface area contributed by atoms with Gasteiger partial charge in [0.1, 0.15) is 12.6 Å². The molecule has 164 valence electrons. The van der Waals surface area contributed by atoms with Gasteiger partial charge in [0.05, 0.1) is 11.8 Å². The number of carbonyl (C=O) groups is 1. The Morgan fingerprint density at radius 2 is 2.09 bits per heavy atom. The van der Waals surface area contributed by atoms with Crippen LogP contribution in [0, 0.1) is 0 Å². The molecule has 4 aromatic rings. The van der Waals surface area contributed by atoms with Crippen molar-refractivity contribution >= 4 is 34.7 Å². The minimum absolute atomic E-state index is 0.0594. The Bertz CT molecular complexity index is 1290. The van der Waals surface area contributed by atoms with E-state index in [9.17, 15) is 4.79 Å². The van der Waals surface area contributed by atoms with Crippen LogP contribution in [-0.4, -0.2) is 43.7 Å². The number of ether oxygens (including phenoxy) is 2. The molecule has 0 saturated heterocycles. The van der Waals surface area contributed by atoms with Crippen molar-refractivity contribution in [2.75, 3.05) is 19.1 Å². The first-order chi connectivity index (χ1) is 15.6. The smallest absolute Gasteiger partial charge is 0.231 e. The molecular formula is C20H19N7O4S. The number of rotatable bonds is 7. The average Bonchev–Trinajstić information content (AvgIpc) is 3.52. The molecule has 0 saturated carbocycles. The van der Waals surface area contributed by atoms with Gasteiger partial charge in [0.15, 0.2) is 33.6 Å². The van der Waals surface area contributed by atoms with E-state index >= 15 is 0 Å². The quantitative estimate of drug-likeness (QED) is 0.428. The van der Waals surface area contributed by atoms with Gasteiger partial charge in [-0.1, -0.05) is 11.8 Å². The summed E-state index contributed by atoms with van der Waals surface area (Å²) in [5, 5.41) is 3.40. The van der Waals surface area contributed by atoms with Gasteiger partial charge in [-0.05, 0) is 19.1 Å². The normalized spacial score (nSPS) is 12.4. The summed E-state index contributed by atoms with van der Waals surface area (Å²) in [5.74, 6) is 1.88. The first-order valence-corrected chi connectivity index (χ1v) is 10.7. The number of hydrogen-bond donors (Lipinski definition) is 2. The molecule has 5 rings (SSSR count). The summed E-state index contributed by atoms with van der Waals surface area (Å²) >= 11 is 1.37. The standard InChI is InChI=1S/C20H19N7O4S/c1-2-22-15(28)3-5-27-18-16(17(21)24-9-25-18)26-20(27)32-14-8-13-12(30-10-31-13)7-11(14)19-23-4-6-29-19/h4,6-9H,2-3,5,10H2,1H3,(H,22,28)(H2,21,24,25). The molecule has 0 aliphatic carbocycles. The van der Waals surface area contributed by atoms with Crippen molar-refractivity contribution in [1.29, 1.82) is 0 Å². The van der Waals surface area contributed by atoms with E-state index in [0.717, 1.165) is 10.5 Å². The number of carbonyl (C=O) groups excluding carboxylic acids is 1. The van der Waals surface area contributed by atoms with Crippen LogP contribution in [0.3, 0.4) is 0 Å². The Balaban J connectivity index is 1.58. The summed E-state index contributed by atoms with van der Waals surface area (Å²) in [6, 6.07) is 3.68. The van der Waals surface area contributed by atoms with E-state index in [4.69, 9.17) is 19.6 Å². The van der Waals surface area contributed by atoms with E-state index in [-0.39, 0.29) is 24.9 Å². The van der Waals surface area contributed by atoms with Crippen LogP contribution in [0.4, 0.5) is 5.82 Å². The highest BCUT2D eigenvalue weighted by Gasteiger charge is 2.23. The van der Waals surface area contributed by atoms with Gasteiger partial charge in [-0.15, -0.1) is 0 Å². The SMILES string of the molecule is CCNC(=O)CCn1c(Sc2cc3c(cc2-c2ncco2)OCO3)nc2c(N)ncnc21. The number of nitrogens with two attached hydrogens (primary N) is 1. The van der Waals surface area contributed by atoms with E-state index < -0.39 is 0 Å². The molecule has 3 N–H and O–H groups in total. The second kappa shape index (κ2) is 8.38. The first-order valence-electron chi connectivity index (χ1n) is 9.88. The fraction of sp³-hybridized carbons (Fsp3) is 0.250. The predicted octanol–water partition coefficient (Wildman–Crippen LogP) is 2.47. The van der Waals surface area contributed by atoms with Crippen LogP contribution in [-0.2, 0) is 11.3 Å². The topological polar surface area (TPSA) is 143 Å². The zero-order valence-corrected chi connectivity index (χ0v) is 17.9. The van der Waals surface area contributed by atoms with Crippen molar-refractivity contribution in [3.8, 4) is 23.0 Å². The minimum atomic E-state index is -0.0594. The van der Waals surface area contributed by atoms with Crippen molar-refractivity contribution in [3.05, 3.63) is 30.9 Å². The molecule has 0 bridgehead atoms. The lowest BCUT2D eigenvalue weighted by Crippen LogP contribution is -2.23. The number of aromatic nitrogens is 5. The molecule has 0 unspecified atom stereocenters. The summed E-state index contributed by atoms with van der Waals surface area (Å²) in [4.78, 5) is 30.2. The summed E-state index contributed by atoms with van der Waals surface area (Å²) < 4.78 is 18.5. The zero-order chi connectivity index (χ0) is 22.1. The van der Waals surface area contributed by atoms with E-state index in [2.05, 4.69) is 25.3 Å². The van der Waals surface area contributed by atoms with Gasteiger partial charge in [0.2, 0.25) is 18.6 Å². The van der Waals surface area contributed by atoms with Crippen LogP contribution < -0.4 is 20.5 Å². The number of fused-ring (bicyclic) bond motifs is 2. The molecule has 3 aromatic heterocycles. The van der Waals surface area contributed by atoms with E-state index in [1.54, 1.807) is 6.20 Å². The van der Waals surface area contributed by atoms with Crippen molar-refractivity contribution in [2.24, 2.45) is 0 Å². The van der Waals surface area contributed by atoms with Crippen molar-refractivity contribution in [2.45, 2.75) is 29.9 Å². The molecule has 11 nitrogen and oxygen atoms in total. The number of nitrogens with one attached hydrogen (secondary N) is 1. The first kappa shape index (κ1) is 20.1. The van der Waals surface area contributed by atoms with Crippen molar-refractivity contribution in [1.82, 2.24) is 29.8 Å². The Hall–Kier alpha value is -3.80. The van der Waals surface area contributed by atoms with Gasteiger partial charge in [-0.25, -0.2) is 19.9 Å². The molecule has 0 radical (unpaired) electrons. The highest BCUT2D eigenvalue weighted by molar-refractivity contribution is 7.99. The van der Waals surface area contributed by atoms with Crippen LogP contribution >= 0.6 is 11.8 Å². The molecule has 0 atom stereocenters. The van der Waals surface area contributed by atoms with Gasteiger partial charge in [0.25, 0.3) is 0 Å². The monoisotopic (exact) mass is 453 g/mol. The van der Waals surface area contributed by atoms with Crippen LogP contribution in [0.15, 0.2) is 45.4 Å². The molecule has 32 heavy (non-hydrogen) atoms. The van der Waals surface area contributed by atoms with Crippen LogP contribution in [0.5, 0.6) is 11.5 Å². The van der Waals surface area contributed by atoms with Gasteiger partial charge in [-0.2, -0.15) is 0 Å². The molecule has 0 fully saturated rings. The molecule has 4 heterocycles. The third-order valence-electron chi connectivity index (χ3n) is 4.80. The third-order valence-corrected chi connectivity index (χ3v) is 5.85. The maximum absolute atomic E-state index is 12.1. The summed E-state index contributed by atoms with van der Waals surface area (Å²) in [5.41, 5.74) is 7.80. The predicted molar refractivity (Wildman–Crippen MR) is 115 cm³/mol. The number of aryl methyl sites for hydroxylation is 1.